The summed E-state index contributed by atoms with van der Waals surface area (Å²) in [4.78, 5) is 13.1. The first kappa shape index (κ1) is 11.4. The summed E-state index contributed by atoms with van der Waals surface area (Å²) in [6, 6.07) is 0. The minimum atomic E-state index is -0.942. The van der Waals surface area contributed by atoms with Crippen molar-refractivity contribution in [3.8, 4) is 0 Å². The molecule has 0 radical (unpaired) electrons. The first-order chi connectivity index (χ1) is 6.45. The van der Waals surface area contributed by atoms with Crippen LogP contribution in [0.5, 0.6) is 0 Å². The van der Waals surface area contributed by atoms with Gasteiger partial charge in [0.25, 0.3) is 0 Å². The predicted octanol–water partition coefficient (Wildman–Crippen LogP) is -1.09. The molecule has 0 spiro atoms. The molecule has 14 heavy (non-hydrogen) atoms. The van der Waals surface area contributed by atoms with Crippen LogP contribution in [0.15, 0.2) is 0 Å². The van der Waals surface area contributed by atoms with Crippen LogP contribution in [-0.4, -0.2) is 49.2 Å². The molecule has 2 unspecified atom stereocenters. The van der Waals surface area contributed by atoms with E-state index < -0.39 is 11.4 Å². The number of amides is 1. The normalized spacial score (nSPS) is 27.5. The van der Waals surface area contributed by atoms with E-state index in [1.165, 1.54) is 0 Å². The Morgan fingerprint density at radius 3 is 2.79 bits per heavy atom. The van der Waals surface area contributed by atoms with Gasteiger partial charge in [-0.2, -0.15) is 0 Å². The van der Waals surface area contributed by atoms with Crippen LogP contribution in [0.4, 0.5) is 0 Å². The fraction of sp³-hybridized carbons (Fsp3) is 0.889. The van der Waals surface area contributed by atoms with Gasteiger partial charge in [0.2, 0.25) is 5.91 Å². The highest BCUT2D eigenvalue weighted by Gasteiger charge is 2.32. The van der Waals surface area contributed by atoms with Gasteiger partial charge in [0.05, 0.1) is 6.10 Å². The monoisotopic (exact) mass is 201 g/mol. The predicted molar refractivity (Wildman–Crippen MR) is 53.6 cm³/mol. The summed E-state index contributed by atoms with van der Waals surface area (Å²) in [5.74, 6) is -0.460. The molecule has 0 saturated carbocycles. The second-order valence-electron chi connectivity index (χ2n) is 4.16. The maximum Gasteiger partial charge on any atom is 0.238 e. The number of likely N-dealkylation sites (tertiary alicyclic amines) is 1. The van der Waals surface area contributed by atoms with E-state index in [0.29, 0.717) is 6.54 Å². The third kappa shape index (κ3) is 2.67. The number of carbonyl (C=O) groups is 1. The molecule has 0 bridgehead atoms. The third-order valence-corrected chi connectivity index (χ3v) is 2.68. The van der Waals surface area contributed by atoms with Crippen LogP contribution in [0.25, 0.3) is 0 Å². The summed E-state index contributed by atoms with van der Waals surface area (Å²) in [6.45, 7) is 3.91. The fourth-order valence-corrected chi connectivity index (χ4v) is 1.68. The van der Waals surface area contributed by atoms with Crippen LogP contribution in [0, 0.1) is 0 Å². The van der Waals surface area contributed by atoms with E-state index in [1.807, 2.05) is 0 Å². The summed E-state index contributed by atoms with van der Waals surface area (Å²) >= 11 is 0. The first-order valence-electron chi connectivity index (χ1n) is 4.79. The summed E-state index contributed by atoms with van der Waals surface area (Å²) in [6.07, 6.45) is 1.25. The number of hydrogen-bond donors (Lipinski definition) is 2. The molecule has 1 aliphatic rings. The molecule has 1 heterocycles. The van der Waals surface area contributed by atoms with Gasteiger partial charge in [0.1, 0.15) is 5.54 Å². The summed E-state index contributed by atoms with van der Waals surface area (Å²) in [5.41, 5.74) is 10.0. The fourth-order valence-electron chi connectivity index (χ4n) is 1.68. The summed E-state index contributed by atoms with van der Waals surface area (Å²) < 4.78 is 5.22. The van der Waals surface area contributed by atoms with Gasteiger partial charge in [-0.3, -0.25) is 9.69 Å². The van der Waals surface area contributed by atoms with E-state index in [9.17, 15) is 4.79 Å². The highest BCUT2D eigenvalue weighted by molar-refractivity contribution is 5.84. The van der Waals surface area contributed by atoms with Gasteiger partial charge in [-0.1, -0.05) is 0 Å². The van der Waals surface area contributed by atoms with Crippen LogP contribution < -0.4 is 11.5 Å². The highest BCUT2D eigenvalue weighted by Crippen LogP contribution is 2.14. The average molecular weight is 201 g/mol. The van der Waals surface area contributed by atoms with Gasteiger partial charge >= 0.3 is 0 Å². The van der Waals surface area contributed by atoms with Crippen LogP contribution in [-0.2, 0) is 9.53 Å². The van der Waals surface area contributed by atoms with Crippen molar-refractivity contribution in [3.05, 3.63) is 0 Å². The van der Waals surface area contributed by atoms with Crippen LogP contribution in [0.3, 0.4) is 0 Å². The lowest BCUT2D eigenvalue weighted by atomic mass is 10.0. The lowest BCUT2D eigenvalue weighted by Gasteiger charge is -2.26. The lowest BCUT2D eigenvalue weighted by molar-refractivity contribution is -0.123. The number of nitrogens with two attached hydrogens (primary N) is 2. The molecular weight excluding hydrogens is 182 g/mol. The third-order valence-electron chi connectivity index (χ3n) is 2.68. The zero-order chi connectivity index (χ0) is 10.8. The standard InChI is InChI=1S/C9H19N3O2/c1-9(11,8(10)13)6-12-4-3-7(5-12)14-2/h7H,3-6,11H2,1-2H3,(H2,10,13). The second kappa shape index (κ2) is 4.25. The van der Waals surface area contributed by atoms with Gasteiger partial charge in [0.15, 0.2) is 0 Å². The lowest BCUT2D eigenvalue weighted by Crippen LogP contribution is -2.56. The number of primary amides is 1. The van der Waals surface area contributed by atoms with Crippen molar-refractivity contribution >= 4 is 5.91 Å². The van der Waals surface area contributed by atoms with Crippen molar-refractivity contribution in [2.45, 2.75) is 25.0 Å². The van der Waals surface area contributed by atoms with Gasteiger partial charge in [-0.05, 0) is 13.3 Å². The molecule has 0 aromatic rings. The zero-order valence-electron chi connectivity index (χ0n) is 8.82. The smallest absolute Gasteiger partial charge is 0.238 e. The Morgan fingerprint density at radius 1 is 1.71 bits per heavy atom. The molecule has 1 amide bonds. The molecule has 0 aromatic carbocycles. The van der Waals surface area contributed by atoms with Crippen molar-refractivity contribution < 1.29 is 9.53 Å². The number of nitrogens with zero attached hydrogens (tertiary/aromatic N) is 1. The van der Waals surface area contributed by atoms with Gasteiger partial charge < -0.3 is 16.2 Å². The van der Waals surface area contributed by atoms with Crippen molar-refractivity contribution in [2.75, 3.05) is 26.7 Å². The zero-order valence-corrected chi connectivity index (χ0v) is 8.82. The van der Waals surface area contributed by atoms with Crippen LogP contribution in [0.1, 0.15) is 13.3 Å². The quantitative estimate of drug-likeness (QED) is 0.605. The Labute approximate surface area is 84.4 Å². The molecule has 5 heteroatoms. The largest absolute Gasteiger partial charge is 0.380 e. The Hall–Kier alpha value is -0.650. The van der Waals surface area contributed by atoms with E-state index in [0.717, 1.165) is 19.5 Å². The van der Waals surface area contributed by atoms with Crippen molar-refractivity contribution in [1.29, 1.82) is 0 Å². The molecule has 5 nitrogen and oxygen atoms in total. The summed E-state index contributed by atoms with van der Waals surface area (Å²) in [5, 5.41) is 0. The minimum absolute atomic E-state index is 0.263. The van der Waals surface area contributed by atoms with E-state index in [4.69, 9.17) is 16.2 Å². The minimum Gasteiger partial charge on any atom is -0.380 e. The maximum absolute atomic E-state index is 11.0. The topological polar surface area (TPSA) is 81.6 Å². The first-order valence-corrected chi connectivity index (χ1v) is 4.79. The second-order valence-corrected chi connectivity index (χ2v) is 4.16. The van der Waals surface area contributed by atoms with Crippen molar-refractivity contribution in [2.24, 2.45) is 11.5 Å². The Kier molecular flexibility index (Phi) is 3.47. The van der Waals surface area contributed by atoms with Crippen molar-refractivity contribution in [1.82, 2.24) is 4.90 Å². The molecule has 1 saturated heterocycles. The maximum atomic E-state index is 11.0. The number of hydrogen-bond acceptors (Lipinski definition) is 4. The van der Waals surface area contributed by atoms with E-state index >= 15 is 0 Å². The average Bonchev–Trinajstić information content (AvgIpc) is 2.51. The molecule has 1 fully saturated rings. The van der Waals surface area contributed by atoms with Crippen molar-refractivity contribution in [3.63, 3.8) is 0 Å². The Morgan fingerprint density at radius 2 is 2.36 bits per heavy atom. The van der Waals surface area contributed by atoms with E-state index in [-0.39, 0.29) is 6.10 Å². The van der Waals surface area contributed by atoms with Gasteiger partial charge in [-0.15, -0.1) is 0 Å². The van der Waals surface area contributed by atoms with Gasteiger partial charge in [-0.25, -0.2) is 0 Å². The molecule has 4 N–H and O–H groups in total. The van der Waals surface area contributed by atoms with Crippen LogP contribution in [0.2, 0.25) is 0 Å². The molecule has 2 atom stereocenters. The van der Waals surface area contributed by atoms with Crippen LogP contribution >= 0.6 is 0 Å². The number of methoxy groups -OCH3 is 1. The van der Waals surface area contributed by atoms with E-state index in [1.54, 1.807) is 14.0 Å². The molecule has 0 aliphatic carbocycles. The summed E-state index contributed by atoms with van der Waals surface area (Å²) in [7, 11) is 1.70. The molecular formula is C9H19N3O2. The molecule has 82 valence electrons. The van der Waals surface area contributed by atoms with E-state index in [2.05, 4.69) is 4.90 Å². The molecule has 1 rings (SSSR count). The Balaban J connectivity index is 2.42. The Bertz CT molecular complexity index is 218. The molecule has 1 aliphatic heterocycles. The van der Waals surface area contributed by atoms with Gasteiger partial charge in [0, 0.05) is 26.7 Å². The number of ether oxygens (including phenoxy) is 1. The SMILES string of the molecule is COC1CCN(CC(C)(N)C(N)=O)C1. The highest BCUT2D eigenvalue weighted by atomic mass is 16.5. The number of rotatable bonds is 4. The molecule has 0 aromatic heterocycles. The number of carbonyl (C=O) groups excluding carboxylic acids is 1.